The summed E-state index contributed by atoms with van der Waals surface area (Å²) in [5, 5.41) is 0. The summed E-state index contributed by atoms with van der Waals surface area (Å²) in [7, 11) is -3.11. The van der Waals surface area contributed by atoms with E-state index >= 15 is 0 Å². The number of nitrogens with zero attached hydrogens (tertiary/aromatic N) is 2. The van der Waals surface area contributed by atoms with Crippen LogP contribution < -0.4 is 0 Å². The zero-order valence-electron chi connectivity index (χ0n) is 14.9. The number of ether oxygens (including phenoxy) is 1. The summed E-state index contributed by atoms with van der Waals surface area (Å²) in [6.07, 6.45) is 1.49. The molecule has 3 fully saturated rings. The van der Waals surface area contributed by atoms with E-state index in [0.29, 0.717) is 19.8 Å². The van der Waals surface area contributed by atoms with Crippen LogP contribution in [0, 0.1) is 5.92 Å². The number of carbonyl (C=O) groups is 1. The van der Waals surface area contributed by atoms with Gasteiger partial charge in [0.1, 0.15) is 0 Å². The van der Waals surface area contributed by atoms with Gasteiger partial charge in [0.15, 0.2) is 9.84 Å². The van der Waals surface area contributed by atoms with Crippen LogP contribution in [0.1, 0.15) is 18.4 Å². The van der Waals surface area contributed by atoms with E-state index in [1.807, 2.05) is 23.1 Å². The number of amides is 1. The van der Waals surface area contributed by atoms with Crippen molar-refractivity contribution in [1.82, 2.24) is 9.80 Å². The minimum absolute atomic E-state index is 0.0200. The Morgan fingerprint density at radius 1 is 1.04 bits per heavy atom. The highest BCUT2D eigenvalue weighted by Crippen LogP contribution is 2.30. The fraction of sp³-hybridized carbons (Fsp3) is 0.632. The van der Waals surface area contributed by atoms with Crippen molar-refractivity contribution in [1.29, 1.82) is 0 Å². The minimum Gasteiger partial charge on any atom is -0.381 e. The zero-order valence-corrected chi connectivity index (χ0v) is 15.7. The zero-order chi connectivity index (χ0) is 18.1. The van der Waals surface area contributed by atoms with Gasteiger partial charge in [-0.05, 0) is 18.4 Å². The lowest BCUT2D eigenvalue weighted by Gasteiger charge is -2.45. The molecule has 0 spiro atoms. The summed E-state index contributed by atoms with van der Waals surface area (Å²) in [6, 6.07) is 9.81. The fourth-order valence-corrected chi connectivity index (χ4v) is 6.50. The standard InChI is InChI=1S/C19H26N2O4S/c22-19(16-6-10-25-11-7-16)21-9-8-20(12-15-4-2-1-3-5-15)17-13-26(23,24)14-18(17)21/h1-5,16-18H,6-14H2. The van der Waals surface area contributed by atoms with Crippen molar-refractivity contribution in [3.05, 3.63) is 35.9 Å². The highest BCUT2D eigenvalue weighted by Gasteiger charge is 2.48. The molecule has 3 aliphatic heterocycles. The van der Waals surface area contributed by atoms with E-state index in [1.165, 1.54) is 5.56 Å². The van der Waals surface area contributed by atoms with Gasteiger partial charge in [-0.3, -0.25) is 9.69 Å². The van der Waals surface area contributed by atoms with Gasteiger partial charge in [-0.1, -0.05) is 30.3 Å². The van der Waals surface area contributed by atoms with Gasteiger partial charge in [0.05, 0.1) is 17.5 Å². The van der Waals surface area contributed by atoms with Gasteiger partial charge < -0.3 is 9.64 Å². The number of hydrogen-bond acceptors (Lipinski definition) is 5. The Hall–Kier alpha value is -1.44. The second-order valence-corrected chi connectivity index (χ2v) is 9.74. The Morgan fingerprint density at radius 3 is 2.46 bits per heavy atom. The summed E-state index contributed by atoms with van der Waals surface area (Å²) < 4.78 is 30.1. The summed E-state index contributed by atoms with van der Waals surface area (Å²) in [6.45, 7) is 3.31. The molecule has 7 heteroatoms. The summed E-state index contributed by atoms with van der Waals surface area (Å²) in [5.41, 5.74) is 1.18. The number of sulfone groups is 1. The van der Waals surface area contributed by atoms with Gasteiger partial charge in [0.25, 0.3) is 0 Å². The van der Waals surface area contributed by atoms with Crippen molar-refractivity contribution in [3.8, 4) is 0 Å². The first-order chi connectivity index (χ1) is 12.5. The lowest BCUT2D eigenvalue weighted by molar-refractivity contribution is -0.144. The molecule has 3 heterocycles. The van der Waals surface area contributed by atoms with Crippen molar-refractivity contribution >= 4 is 15.7 Å². The molecule has 1 aromatic rings. The molecule has 1 aromatic carbocycles. The van der Waals surface area contributed by atoms with Crippen LogP contribution in [0.2, 0.25) is 0 Å². The Bertz CT molecular complexity index is 746. The predicted molar refractivity (Wildman–Crippen MR) is 98.3 cm³/mol. The summed E-state index contributed by atoms with van der Waals surface area (Å²) in [4.78, 5) is 17.1. The number of fused-ring (bicyclic) bond motifs is 1. The number of benzene rings is 1. The van der Waals surface area contributed by atoms with E-state index in [4.69, 9.17) is 4.74 Å². The summed E-state index contributed by atoms with van der Waals surface area (Å²) in [5.74, 6) is 0.355. The number of rotatable bonds is 3. The molecule has 3 aliphatic rings. The van der Waals surface area contributed by atoms with E-state index < -0.39 is 9.84 Å². The van der Waals surface area contributed by atoms with Gasteiger partial charge in [-0.15, -0.1) is 0 Å². The summed E-state index contributed by atoms with van der Waals surface area (Å²) >= 11 is 0. The Labute approximate surface area is 155 Å². The topological polar surface area (TPSA) is 66.9 Å². The molecule has 0 saturated carbocycles. The molecule has 3 saturated heterocycles. The third-order valence-electron chi connectivity index (χ3n) is 5.87. The molecule has 0 aliphatic carbocycles. The van der Waals surface area contributed by atoms with Gasteiger partial charge in [-0.2, -0.15) is 0 Å². The molecule has 0 aromatic heterocycles. The van der Waals surface area contributed by atoms with Crippen LogP contribution in [0.3, 0.4) is 0 Å². The fourth-order valence-electron chi connectivity index (χ4n) is 4.49. The van der Waals surface area contributed by atoms with E-state index in [9.17, 15) is 13.2 Å². The van der Waals surface area contributed by atoms with E-state index in [0.717, 1.165) is 25.9 Å². The first-order valence-electron chi connectivity index (χ1n) is 9.40. The van der Waals surface area contributed by atoms with Crippen molar-refractivity contribution in [2.24, 2.45) is 5.92 Å². The number of piperazine rings is 1. The van der Waals surface area contributed by atoms with Crippen LogP contribution >= 0.6 is 0 Å². The second-order valence-electron chi connectivity index (χ2n) is 7.59. The average molecular weight is 378 g/mol. The predicted octanol–water partition coefficient (Wildman–Crippen LogP) is 0.923. The van der Waals surface area contributed by atoms with Crippen molar-refractivity contribution in [2.75, 3.05) is 37.8 Å². The maximum atomic E-state index is 13.0. The molecular weight excluding hydrogens is 352 g/mol. The third-order valence-corrected chi connectivity index (χ3v) is 7.57. The molecule has 2 unspecified atom stereocenters. The molecule has 6 nitrogen and oxygen atoms in total. The molecule has 0 bridgehead atoms. The monoisotopic (exact) mass is 378 g/mol. The van der Waals surface area contributed by atoms with Gasteiger partial charge in [0.2, 0.25) is 5.91 Å². The van der Waals surface area contributed by atoms with Gasteiger partial charge in [-0.25, -0.2) is 8.42 Å². The van der Waals surface area contributed by atoms with Gasteiger partial charge in [0, 0.05) is 44.8 Å². The minimum atomic E-state index is -3.11. The lowest BCUT2D eigenvalue weighted by Crippen LogP contribution is -2.61. The van der Waals surface area contributed by atoms with Crippen LogP contribution in [0.15, 0.2) is 30.3 Å². The van der Waals surface area contributed by atoms with Crippen LogP contribution in [-0.4, -0.2) is 74.0 Å². The Kier molecular flexibility index (Phi) is 5.03. The Balaban J connectivity index is 1.52. The first-order valence-corrected chi connectivity index (χ1v) is 11.2. The molecule has 1 amide bonds. The maximum Gasteiger partial charge on any atom is 0.226 e. The molecular formula is C19H26N2O4S. The highest BCUT2D eigenvalue weighted by molar-refractivity contribution is 7.91. The van der Waals surface area contributed by atoms with Crippen molar-refractivity contribution in [3.63, 3.8) is 0 Å². The Morgan fingerprint density at radius 2 is 1.73 bits per heavy atom. The van der Waals surface area contributed by atoms with Crippen LogP contribution in [0.5, 0.6) is 0 Å². The number of carbonyl (C=O) groups excluding carboxylic acids is 1. The SMILES string of the molecule is O=C(C1CCOCC1)N1CCN(Cc2ccccc2)C2CS(=O)(=O)CC21. The first kappa shape index (κ1) is 17.9. The van der Waals surface area contributed by atoms with E-state index in [1.54, 1.807) is 0 Å². The molecule has 142 valence electrons. The number of hydrogen-bond donors (Lipinski definition) is 0. The normalized spacial score (nSPS) is 29.5. The smallest absolute Gasteiger partial charge is 0.226 e. The van der Waals surface area contributed by atoms with Crippen molar-refractivity contribution < 1.29 is 17.9 Å². The second kappa shape index (κ2) is 7.29. The molecule has 0 radical (unpaired) electrons. The average Bonchev–Trinajstić information content (AvgIpc) is 2.98. The highest BCUT2D eigenvalue weighted by atomic mass is 32.2. The largest absolute Gasteiger partial charge is 0.381 e. The van der Waals surface area contributed by atoms with Crippen LogP contribution in [0.4, 0.5) is 0 Å². The van der Waals surface area contributed by atoms with Gasteiger partial charge >= 0.3 is 0 Å². The van der Waals surface area contributed by atoms with E-state index in [2.05, 4.69) is 17.0 Å². The van der Waals surface area contributed by atoms with E-state index in [-0.39, 0.29) is 35.4 Å². The van der Waals surface area contributed by atoms with Crippen molar-refractivity contribution in [2.45, 2.75) is 31.5 Å². The molecule has 0 N–H and O–H groups in total. The molecule has 26 heavy (non-hydrogen) atoms. The quantitative estimate of drug-likeness (QED) is 0.783. The van der Waals surface area contributed by atoms with Crippen LogP contribution in [-0.2, 0) is 25.9 Å². The molecule has 4 rings (SSSR count). The lowest BCUT2D eigenvalue weighted by atomic mass is 9.95. The third kappa shape index (κ3) is 3.66. The van der Waals surface area contributed by atoms with Crippen LogP contribution in [0.25, 0.3) is 0 Å². The molecule has 2 atom stereocenters. The maximum absolute atomic E-state index is 13.0.